The van der Waals surface area contributed by atoms with Crippen molar-refractivity contribution in [1.29, 1.82) is 0 Å². The minimum Gasteiger partial charge on any atom is -0.487 e. The van der Waals surface area contributed by atoms with Gasteiger partial charge in [-0.3, -0.25) is 4.79 Å². The largest absolute Gasteiger partial charge is 0.487 e. The highest BCUT2D eigenvalue weighted by Crippen LogP contribution is 2.36. The molecule has 0 spiro atoms. The van der Waals surface area contributed by atoms with Crippen LogP contribution >= 0.6 is 0 Å². The average molecular weight is 383 g/mol. The van der Waals surface area contributed by atoms with Gasteiger partial charge in [-0.2, -0.15) is 4.31 Å². The second kappa shape index (κ2) is 7.96. The van der Waals surface area contributed by atoms with Crippen LogP contribution in [0.2, 0.25) is 0 Å². The third-order valence-electron chi connectivity index (χ3n) is 4.14. The Bertz CT molecular complexity index is 749. The number of sulfonamides is 1. The van der Waals surface area contributed by atoms with Gasteiger partial charge in [0.1, 0.15) is 11.9 Å². The highest BCUT2D eigenvalue weighted by molar-refractivity contribution is 7.89. The van der Waals surface area contributed by atoms with Crippen molar-refractivity contribution < 1.29 is 17.9 Å². The zero-order valence-corrected chi connectivity index (χ0v) is 17.3. The highest BCUT2D eigenvalue weighted by Gasteiger charge is 2.30. The summed E-state index contributed by atoms with van der Waals surface area (Å²) < 4.78 is 33.7. The molecule has 1 aromatic carbocycles. The molecule has 0 N–H and O–H groups in total. The summed E-state index contributed by atoms with van der Waals surface area (Å²) in [6.45, 7) is 12.7. The van der Waals surface area contributed by atoms with Crippen LogP contribution in [0.4, 0.5) is 5.69 Å². The normalized spacial score (nSPS) is 17.6. The van der Waals surface area contributed by atoms with Gasteiger partial charge in [0.25, 0.3) is 0 Å². The van der Waals surface area contributed by atoms with Crippen molar-refractivity contribution >= 4 is 21.6 Å². The van der Waals surface area contributed by atoms with Crippen LogP contribution in [0.25, 0.3) is 0 Å². The molecule has 0 bridgehead atoms. The zero-order valence-electron chi connectivity index (χ0n) is 16.5. The Morgan fingerprint density at radius 2 is 1.81 bits per heavy atom. The van der Waals surface area contributed by atoms with Gasteiger partial charge in [-0.05, 0) is 37.0 Å². The smallest absolute Gasteiger partial charge is 0.243 e. The standard InChI is InChI=1S/C19H30N2O4S/c1-13(2)10-20(11-14(3)4)26(23,24)17-7-8-19-18(9-17)21(16(6)22)12-15(5)25-19/h7-9,13-15H,10-12H2,1-6H3. The molecule has 26 heavy (non-hydrogen) atoms. The number of hydrogen-bond acceptors (Lipinski definition) is 4. The quantitative estimate of drug-likeness (QED) is 0.758. The van der Waals surface area contributed by atoms with Gasteiger partial charge < -0.3 is 9.64 Å². The zero-order chi connectivity index (χ0) is 19.6. The van der Waals surface area contributed by atoms with Crippen molar-refractivity contribution in [1.82, 2.24) is 4.31 Å². The van der Waals surface area contributed by atoms with Gasteiger partial charge in [0.15, 0.2) is 0 Å². The Balaban J connectivity index is 2.46. The lowest BCUT2D eigenvalue weighted by Crippen LogP contribution is -2.41. The van der Waals surface area contributed by atoms with Gasteiger partial charge in [-0.25, -0.2) is 8.42 Å². The van der Waals surface area contributed by atoms with Crippen molar-refractivity contribution in [3.63, 3.8) is 0 Å². The first-order valence-corrected chi connectivity index (χ1v) is 10.5. The lowest BCUT2D eigenvalue weighted by Gasteiger charge is -2.33. The number of hydrogen-bond donors (Lipinski definition) is 0. The number of benzene rings is 1. The molecule has 0 aromatic heterocycles. The van der Waals surface area contributed by atoms with Crippen LogP contribution in [0, 0.1) is 11.8 Å². The number of nitrogens with zero attached hydrogens (tertiary/aromatic N) is 2. The third-order valence-corrected chi connectivity index (χ3v) is 5.97. The van der Waals surface area contributed by atoms with Gasteiger partial charge in [0.2, 0.25) is 15.9 Å². The number of fused-ring (bicyclic) bond motifs is 1. The van der Waals surface area contributed by atoms with Crippen LogP contribution in [-0.2, 0) is 14.8 Å². The monoisotopic (exact) mass is 382 g/mol. The molecule has 1 heterocycles. The minimum absolute atomic E-state index is 0.128. The second-order valence-electron chi connectivity index (χ2n) is 7.80. The predicted octanol–water partition coefficient (Wildman–Crippen LogP) is 3.12. The van der Waals surface area contributed by atoms with Crippen LogP contribution in [0.5, 0.6) is 5.75 Å². The fraction of sp³-hybridized carbons (Fsp3) is 0.632. The summed E-state index contributed by atoms with van der Waals surface area (Å²) >= 11 is 0. The van der Waals surface area contributed by atoms with Gasteiger partial charge >= 0.3 is 0 Å². The van der Waals surface area contributed by atoms with Gasteiger partial charge in [0, 0.05) is 20.0 Å². The summed E-state index contributed by atoms with van der Waals surface area (Å²) in [4.78, 5) is 13.8. The summed E-state index contributed by atoms with van der Waals surface area (Å²) in [6, 6.07) is 4.78. The van der Waals surface area contributed by atoms with E-state index in [1.165, 1.54) is 11.2 Å². The van der Waals surface area contributed by atoms with E-state index in [1.807, 2.05) is 34.6 Å². The molecule has 1 aliphatic rings. The molecule has 0 saturated carbocycles. The molecule has 7 heteroatoms. The van der Waals surface area contributed by atoms with Crippen LogP contribution in [0.3, 0.4) is 0 Å². The van der Waals surface area contributed by atoms with E-state index in [2.05, 4.69) is 0 Å². The number of anilines is 1. The lowest BCUT2D eigenvalue weighted by atomic mass is 10.2. The number of carbonyl (C=O) groups is 1. The van der Waals surface area contributed by atoms with Crippen LogP contribution < -0.4 is 9.64 Å². The molecule has 0 aliphatic carbocycles. The van der Waals surface area contributed by atoms with Crippen molar-refractivity contribution in [2.24, 2.45) is 11.8 Å². The minimum atomic E-state index is -3.65. The van der Waals surface area contributed by atoms with Crippen LogP contribution in [0.1, 0.15) is 41.5 Å². The average Bonchev–Trinajstić information content (AvgIpc) is 2.51. The fourth-order valence-corrected chi connectivity index (χ4v) is 4.90. The number of carbonyl (C=O) groups excluding carboxylic acids is 1. The maximum absolute atomic E-state index is 13.2. The summed E-state index contributed by atoms with van der Waals surface area (Å²) in [6.07, 6.45) is -0.132. The SMILES string of the molecule is CC(=O)N1CC(C)Oc2ccc(S(=O)(=O)N(CC(C)C)CC(C)C)cc21. The van der Waals surface area contributed by atoms with Gasteiger partial charge in [0.05, 0.1) is 17.1 Å². The first kappa shape index (κ1) is 20.7. The summed E-state index contributed by atoms with van der Waals surface area (Å²) in [7, 11) is -3.65. The molecular weight excluding hydrogens is 352 g/mol. The second-order valence-corrected chi connectivity index (χ2v) is 9.74. The molecule has 0 fully saturated rings. The molecule has 2 rings (SSSR count). The predicted molar refractivity (Wildman–Crippen MR) is 103 cm³/mol. The molecule has 0 radical (unpaired) electrons. The summed E-state index contributed by atoms with van der Waals surface area (Å²) in [5.41, 5.74) is 0.519. The number of ether oxygens (including phenoxy) is 1. The Labute approximate surface area is 157 Å². The number of amides is 1. The molecule has 6 nitrogen and oxygen atoms in total. The third kappa shape index (κ3) is 4.57. The Morgan fingerprint density at radius 3 is 2.31 bits per heavy atom. The van der Waals surface area contributed by atoms with Crippen LogP contribution in [0.15, 0.2) is 23.1 Å². The van der Waals surface area contributed by atoms with Gasteiger partial charge in [-0.15, -0.1) is 0 Å². The Hall–Kier alpha value is -1.60. The molecule has 1 unspecified atom stereocenters. The molecule has 0 saturated heterocycles. The molecule has 146 valence electrons. The van der Waals surface area contributed by atoms with E-state index >= 15 is 0 Å². The summed E-state index contributed by atoms with van der Waals surface area (Å²) in [5.74, 6) is 0.854. The van der Waals surface area contributed by atoms with E-state index in [4.69, 9.17) is 4.74 Å². The Morgan fingerprint density at radius 1 is 1.23 bits per heavy atom. The number of rotatable bonds is 6. The van der Waals surface area contributed by atoms with Crippen molar-refractivity contribution in [3.05, 3.63) is 18.2 Å². The van der Waals surface area contributed by atoms with E-state index in [0.29, 0.717) is 31.1 Å². The first-order valence-electron chi connectivity index (χ1n) is 9.11. The Kier molecular flexibility index (Phi) is 6.34. The van der Waals surface area contributed by atoms with Gasteiger partial charge in [-0.1, -0.05) is 27.7 Å². The van der Waals surface area contributed by atoms with Crippen molar-refractivity contribution in [3.8, 4) is 5.75 Å². The lowest BCUT2D eigenvalue weighted by molar-refractivity contribution is -0.117. The van der Waals surface area contributed by atoms with Crippen molar-refractivity contribution in [2.45, 2.75) is 52.5 Å². The molecular formula is C19H30N2O4S. The molecule has 1 aliphatic heterocycles. The van der Waals surface area contributed by atoms with E-state index in [0.717, 1.165) is 0 Å². The maximum Gasteiger partial charge on any atom is 0.243 e. The maximum atomic E-state index is 13.2. The van der Waals surface area contributed by atoms with Crippen LogP contribution in [-0.4, -0.2) is 44.4 Å². The van der Waals surface area contributed by atoms with E-state index in [1.54, 1.807) is 23.1 Å². The highest BCUT2D eigenvalue weighted by atomic mass is 32.2. The fourth-order valence-electron chi connectivity index (χ4n) is 3.11. The first-order chi connectivity index (χ1) is 12.0. The van der Waals surface area contributed by atoms with E-state index in [9.17, 15) is 13.2 Å². The topological polar surface area (TPSA) is 66.9 Å². The molecule has 1 aromatic rings. The van der Waals surface area contributed by atoms with E-state index < -0.39 is 10.0 Å². The van der Waals surface area contributed by atoms with E-state index in [-0.39, 0.29) is 28.7 Å². The molecule has 1 atom stereocenters. The van der Waals surface area contributed by atoms with Crippen molar-refractivity contribution in [2.75, 3.05) is 24.5 Å². The summed E-state index contributed by atoms with van der Waals surface area (Å²) in [5, 5.41) is 0. The molecule has 1 amide bonds.